The molecule has 2 amide bonds. The fraction of sp³-hybridized carbons (Fsp3) is 0.238. The van der Waals surface area contributed by atoms with E-state index in [9.17, 15) is 18.0 Å². The van der Waals surface area contributed by atoms with Gasteiger partial charge in [-0.15, -0.1) is 0 Å². The van der Waals surface area contributed by atoms with Gasteiger partial charge in [0.25, 0.3) is 0 Å². The number of carbonyl (C=O) groups excluding carboxylic acids is 1. The number of nitrogens with zero attached hydrogens (tertiary/aromatic N) is 2. The Labute approximate surface area is 165 Å². The van der Waals surface area contributed by atoms with Crippen LogP contribution in [0.4, 0.5) is 23.7 Å². The highest BCUT2D eigenvalue weighted by Crippen LogP contribution is 2.33. The Morgan fingerprint density at radius 1 is 1.21 bits per heavy atom. The predicted molar refractivity (Wildman–Crippen MR) is 101 cm³/mol. The van der Waals surface area contributed by atoms with Crippen molar-refractivity contribution in [1.82, 2.24) is 10.1 Å². The summed E-state index contributed by atoms with van der Waals surface area (Å²) >= 11 is 0. The summed E-state index contributed by atoms with van der Waals surface area (Å²) < 4.78 is 45.8. The zero-order valence-corrected chi connectivity index (χ0v) is 15.8. The summed E-state index contributed by atoms with van der Waals surface area (Å²) in [5.41, 5.74) is 2.42. The van der Waals surface area contributed by atoms with Crippen molar-refractivity contribution in [1.29, 1.82) is 0 Å². The summed E-state index contributed by atoms with van der Waals surface area (Å²) in [6.45, 7) is 3.52. The van der Waals surface area contributed by atoms with Crippen molar-refractivity contribution in [2.45, 2.75) is 32.9 Å². The first-order chi connectivity index (χ1) is 13.8. The summed E-state index contributed by atoms with van der Waals surface area (Å²) in [5.74, 6) is -1.84. The highest BCUT2D eigenvalue weighted by Gasteiger charge is 2.32. The summed E-state index contributed by atoms with van der Waals surface area (Å²) in [6, 6.07) is 7.52. The van der Waals surface area contributed by atoms with Crippen LogP contribution >= 0.6 is 0 Å². The minimum Gasteiger partial charge on any atom is -0.356 e. The van der Waals surface area contributed by atoms with E-state index in [0.717, 1.165) is 17.3 Å². The SMILES string of the molecule is Cc1cc(NC(=O)N2Cc3c(noc3-c3ccc(F)cc3)CC2C)cc(F)c1F. The summed E-state index contributed by atoms with van der Waals surface area (Å²) in [7, 11) is 0. The molecular formula is C21H18F3N3O2. The molecule has 0 spiro atoms. The molecular weight excluding hydrogens is 383 g/mol. The third kappa shape index (κ3) is 3.57. The fourth-order valence-corrected chi connectivity index (χ4v) is 3.48. The standard InChI is InChI=1S/C21H18F3N3O2/c1-11-7-15(9-17(23)19(11)24)25-21(28)27-10-16-18(8-12(27)2)26-29-20(16)13-3-5-14(22)6-4-13/h3-7,9,12H,8,10H2,1-2H3,(H,25,28). The molecule has 1 aromatic heterocycles. The van der Waals surface area contributed by atoms with E-state index in [4.69, 9.17) is 4.52 Å². The molecule has 2 heterocycles. The van der Waals surface area contributed by atoms with Gasteiger partial charge in [-0.3, -0.25) is 0 Å². The molecule has 0 saturated heterocycles. The molecule has 150 valence electrons. The molecule has 0 saturated carbocycles. The zero-order valence-electron chi connectivity index (χ0n) is 15.8. The Kier molecular flexibility index (Phi) is 4.77. The monoisotopic (exact) mass is 401 g/mol. The maximum atomic E-state index is 13.6. The number of nitrogens with one attached hydrogen (secondary N) is 1. The predicted octanol–water partition coefficient (Wildman–Crippen LogP) is 5.05. The molecule has 1 unspecified atom stereocenters. The lowest BCUT2D eigenvalue weighted by molar-refractivity contribution is 0.182. The molecule has 0 aliphatic carbocycles. The van der Waals surface area contributed by atoms with Gasteiger partial charge in [-0.1, -0.05) is 5.16 Å². The van der Waals surface area contributed by atoms with E-state index in [1.807, 2.05) is 6.92 Å². The highest BCUT2D eigenvalue weighted by molar-refractivity contribution is 5.90. The first kappa shape index (κ1) is 19.0. The van der Waals surface area contributed by atoms with Crippen LogP contribution in [0.3, 0.4) is 0 Å². The van der Waals surface area contributed by atoms with Gasteiger partial charge >= 0.3 is 6.03 Å². The van der Waals surface area contributed by atoms with E-state index in [1.165, 1.54) is 25.1 Å². The van der Waals surface area contributed by atoms with Gasteiger partial charge in [0.1, 0.15) is 5.82 Å². The molecule has 2 aromatic carbocycles. The van der Waals surface area contributed by atoms with E-state index in [0.29, 0.717) is 17.7 Å². The van der Waals surface area contributed by atoms with Crippen molar-refractivity contribution in [2.75, 3.05) is 5.32 Å². The first-order valence-corrected chi connectivity index (χ1v) is 9.10. The van der Waals surface area contributed by atoms with Crippen molar-refractivity contribution < 1.29 is 22.5 Å². The second kappa shape index (κ2) is 7.27. The molecule has 1 atom stereocenters. The Morgan fingerprint density at radius 2 is 1.93 bits per heavy atom. The van der Waals surface area contributed by atoms with Crippen LogP contribution in [-0.2, 0) is 13.0 Å². The third-order valence-electron chi connectivity index (χ3n) is 5.05. The maximum absolute atomic E-state index is 13.6. The number of rotatable bonds is 2. The lowest BCUT2D eigenvalue weighted by Crippen LogP contribution is -2.44. The number of halogens is 3. The molecule has 0 fully saturated rings. The molecule has 4 rings (SSSR count). The average molecular weight is 401 g/mol. The van der Waals surface area contributed by atoms with E-state index < -0.39 is 17.7 Å². The van der Waals surface area contributed by atoms with Gasteiger partial charge in [-0.2, -0.15) is 0 Å². The Balaban J connectivity index is 1.59. The van der Waals surface area contributed by atoms with Gasteiger partial charge in [0.15, 0.2) is 17.4 Å². The van der Waals surface area contributed by atoms with E-state index in [2.05, 4.69) is 10.5 Å². The second-order valence-electron chi connectivity index (χ2n) is 7.14. The van der Waals surface area contributed by atoms with Crippen LogP contribution in [0.2, 0.25) is 0 Å². The van der Waals surface area contributed by atoms with Gasteiger partial charge in [0, 0.05) is 35.3 Å². The molecule has 1 aliphatic heterocycles. The molecule has 0 bridgehead atoms. The average Bonchev–Trinajstić information content (AvgIpc) is 3.08. The summed E-state index contributed by atoms with van der Waals surface area (Å²) in [6.07, 6.45) is 0.476. The largest absolute Gasteiger partial charge is 0.356 e. The van der Waals surface area contributed by atoms with Crippen LogP contribution in [0.25, 0.3) is 11.3 Å². The first-order valence-electron chi connectivity index (χ1n) is 9.10. The lowest BCUT2D eigenvalue weighted by Gasteiger charge is -2.32. The molecule has 29 heavy (non-hydrogen) atoms. The van der Waals surface area contributed by atoms with Crippen molar-refractivity contribution in [3.05, 3.63) is 70.7 Å². The molecule has 3 aromatic rings. The van der Waals surface area contributed by atoms with Crippen molar-refractivity contribution in [3.63, 3.8) is 0 Å². The zero-order chi connectivity index (χ0) is 20.7. The Morgan fingerprint density at radius 3 is 2.62 bits per heavy atom. The van der Waals surface area contributed by atoms with Crippen LogP contribution < -0.4 is 5.32 Å². The fourth-order valence-electron chi connectivity index (χ4n) is 3.48. The minimum absolute atomic E-state index is 0.104. The number of carbonyl (C=O) groups is 1. The smallest absolute Gasteiger partial charge is 0.322 e. The van der Waals surface area contributed by atoms with Gasteiger partial charge < -0.3 is 14.7 Å². The molecule has 5 nitrogen and oxygen atoms in total. The van der Waals surface area contributed by atoms with Gasteiger partial charge in [-0.05, 0) is 49.7 Å². The van der Waals surface area contributed by atoms with Gasteiger partial charge in [0.2, 0.25) is 0 Å². The van der Waals surface area contributed by atoms with Crippen LogP contribution in [-0.4, -0.2) is 22.1 Å². The van der Waals surface area contributed by atoms with E-state index in [-0.39, 0.29) is 29.7 Å². The van der Waals surface area contributed by atoms with Crippen molar-refractivity contribution >= 4 is 11.7 Å². The maximum Gasteiger partial charge on any atom is 0.322 e. The number of urea groups is 1. The number of aryl methyl sites for hydroxylation is 1. The van der Waals surface area contributed by atoms with Gasteiger partial charge in [0.05, 0.1) is 12.2 Å². The van der Waals surface area contributed by atoms with E-state index in [1.54, 1.807) is 17.0 Å². The quantitative estimate of drug-likeness (QED) is 0.654. The Bertz CT molecular complexity index is 1060. The van der Waals surface area contributed by atoms with E-state index >= 15 is 0 Å². The van der Waals surface area contributed by atoms with Crippen LogP contribution in [0.5, 0.6) is 0 Å². The molecule has 1 aliphatic rings. The topological polar surface area (TPSA) is 58.4 Å². The van der Waals surface area contributed by atoms with Crippen molar-refractivity contribution in [3.8, 4) is 11.3 Å². The van der Waals surface area contributed by atoms with Crippen LogP contribution in [0.1, 0.15) is 23.7 Å². The summed E-state index contributed by atoms with van der Waals surface area (Å²) in [5, 5.41) is 6.72. The molecule has 0 radical (unpaired) electrons. The number of hydrogen-bond donors (Lipinski definition) is 1. The van der Waals surface area contributed by atoms with Crippen LogP contribution in [0, 0.1) is 24.4 Å². The number of fused-ring (bicyclic) bond motifs is 1. The van der Waals surface area contributed by atoms with Crippen molar-refractivity contribution in [2.24, 2.45) is 0 Å². The lowest BCUT2D eigenvalue weighted by atomic mass is 9.97. The number of hydrogen-bond acceptors (Lipinski definition) is 3. The summed E-state index contributed by atoms with van der Waals surface area (Å²) in [4.78, 5) is 14.4. The number of amides is 2. The minimum atomic E-state index is -1.02. The third-order valence-corrected chi connectivity index (χ3v) is 5.05. The highest BCUT2D eigenvalue weighted by atomic mass is 19.2. The molecule has 1 N–H and O–H groups in total. The van der Waals surface area contributed by atoms with Crippen LogP contribution in [0.15, 0.2) is 40.9 Å². The molecule has 8 heteroatoms. The number of aromatic nitrogens is 1. The number of benzene rings is 2. The normalized spacial score (nSPS) is 15.9. The Hall–Kier alpha value is -3.29. The second-order valence-corrected chi connectivity index (χ2v) is 7.14. The van der Waals surface area contributed by atoms with Gasteiger partial charge in [-0.25, -0.2) is 18.0 Å². The number of anilines is 1.